The molecule has 4 fully saturated rings. The molecule has 21 heavy (non-hydrogen) atoms. The first-order valence-corrected chi connectivity index (χ1v) is 8.34. The maximum Gasteiger partial charge on any atom is 0.330 e. The number of fused-ring (bicyclic) bond motifs is 7. The van der Waals surface area contributed by atoms with Crippen molar-refractivity contribution in [2.45, 2.75) is 51.4 Å². The van der Waals surface area contributed by atoms with E-state index >= 15 is 0 Å². The Morgan fingerprint density at radius 3 is 2.86 bits per heavy atom. The van der Waals surface area contributed by atoms with Crippen molar-refractivity contribution >= 4 is 5.97 Å². The molecule has 120 valence electrons. The van der Waals surface area contributed by atoms with Crippen LogP contribution in [-0.4, -0.2) is 37.5 Å². The van der Waals surface area contributed by atoms with Crippen LogP contribution in [0.4, 0.5) is 0 Å². The quantitative estimate of drug-likeness (QED) is 0.339. The van der Waals surface area contributed by atoms with Gasteiger partial charge in [-0.1, -0.05) is 20.4 Å². The normalized spacial score (nSPS) is 44.4. The first-order valence-electron chi connectivity index (χ1n) is 8.34. The predicted molar refractivity (Wildman–Crippen MR) is 80.8 cm³/mol. The summed E-state index contributed by atoms with van der Waals surface area (Å²) < 4.78 is 16.6. The molecule has 0 spiro atoms. The molecule has 0 radical (unpaired) electrons. The van der Waals surface area contributed by atoms with Gasteiger partial charge in [0.1, 0.15) is 6.61 Å². The van der Waals surface area contributed by atoms with E-state index in [0.717, 1.165) is 17.8 Å². The highest BCUT2D eigenvalue weighted by molar-refractivity contribution is 5.81. The fourth-order valence-corrected chi connectivity index (χ4v) is 4.84. The van der Waals surface area contributed by atoms with E-state index in [2.05, 4.69) is 6.58 Å². The molecule has 4 aliphatic rings. The van der Waals surface area contributed by atoms with Crippen molar-refractivity contribution in [1.29, 1.82) is 0 Å². The Bertz CT molecular complexity index is 413. The molecule has 1 heterocycles. The number of ether oxygens (including phenoxy) is 3. The van der Waals surface area contributed by atoms with Gasteiger partial charge in [-0.2, -0.15) is 0 Å². The van der Waals surface area contributed by atoms with Gasteiger partial charge in [-0.3, -0.25) is 0 Å². The van der Waals surface area contributed by atoms with Crippen LogP contribution in [0.5, 0.6) is 0 Å². The van der Waals surface area contributed by atoms with Crippen LogP contribution in [-0.2, 0) is 19.0 Å². The van der Waals surface area contributed by atoms with E-state index in [-0.39, 0.29) is 7.40 Å². The number of carbonyl (C=O) groups is 1. The van der Waals surface area contributed by atoms with Gasteiger partial charge in [0.15, 0.2) is 0 Å². The summed E-state index contributed by atoms with van der Waals surface area (Å²) in [4.78, 5) is 10.9. The Morgan fingerprint density at radius 2 is 2.10 bits per heavy atom. The highest BCUT2D eigenvalue weighted by Crippen LogP contribution is 2.64. The number of rotatable bonds is 5. The van der Waals surface area contributed by atoms with E-state index < -0.39 is 0 Å². The summed E-state index contributed by atoms with van der Waals surface area (Å²) in [5.74, 6) is 2.83. The zero-order valence-electron chi connectivity index (χ0n) is 13.0. The van der Waals surface area contributed by atoms with Gasteiger partial charge >= 0.3 is 5.97 Å². The lowest BCUT2D eigenvalue weighted by Crippen LogP contribution is -2.34. The molecule has 3 saturated carbocycles. The van der Waals surface area contributed by atoms with E-state index in [4.69, 9.17) is 14.2 Å². The van der Waals surface area contributed by atoms with E-state index in [1.807, 2.05) is 13.8 Å². The van der Waals surface area contributed by atoms with Gasteiger partial charge in [0.2, 0.25) is 0 Å². The molecule has 2 bridgehead atoms. The van der Waals surface area contributed by atoms with Crippen LogP contribution in [0.3, 0.4) is 0 Å². The minimum Gasteiger partial charge on any atom is -0.460 e. The van der Waals surface area contributed by atoms with Gasteiger partial charge in [0.05, 0.1) is 24.9 Å². The maximum atomic E-state index is 10.9. The third-order valence-electron chi connectivity index (χ3n) is 5.51. The van der Waals surface area contributed by atoms with Gasteiger partial charge in [-0.05, 0) is 42.9 Å². The second kappa shape index (κ2) is 6.09. The van der Waals surface area contributed by atoms with Gasteiger partial charge < -0.3 is 14.2 Å². The third-order valence-corrected chi connectivity index (χ3v) is 5.51. The lowest BCUT2D eigenvalue weighted by atomic mass is 9.79. The Labute approximate surface area is 128 Å². The summed E-state index contributed by atoms with van der Waals surface area (Å²) >= 11 is 0. The monoisotopic (exact) mass is 296 g/mol. The van der Waals surface area contributed by atoms with Crippen LogP contribution in [0.15, 0.2) is 12.7 Å². The molecule has 0 aromatic heterocycles. The molecule has 0 N–H and O–H groups in total. The zero-order valence-corrected chi connectivity index (χ0v) is 13.0. The molecule has 0 aromatic rings. The van der Waals surface area contributed by atoms with Crippen molar-refractivity contribution in [2.75, 3.05) is 13.2 Å². The molecule has 4 rings (SSSR count). The third kappa shape index (κ3) is 2.64. The lowest BCUT2D eigenvalue weighted by molar-refractivity contribution is -0.140. The largest absolute Gasteiger partial charge is 0.460 e. The fourth-order valence-electron chi connectivity index (χ4n) is 4.84. The van der Waals surface area contributed by atoms with Crippen LogP contribution in [0.2, 0.25) is 0 Å². The molecule has 0 aromatic carbocycles. The Hall–Kier alpha value is -0.870. The highest BCUT2D eigenvalue weighted by Gasteiger charge is 2.66. The second-order valence-corrected chi connectivity index (χ2v) is 6.29. The number of hydrogen-bond acceptors (Lipinski definition) is 4. The van der Waals surface area contributed by atoms with E-state index in [1.165, 1.54) is 25.3 Å². The fraction of sp³-hybridized carbons (Fsp3) is 0.824. The van der Waals surface area contributed by atoms with Crippen molar-refractivity contribution in [3.63, 3.8) is 0 Å². The molecule has 0 amide bonds. The molecule has 1 saturated heterocycles. The smallest absolute Gasteiger partial charge is 0.330 e. The van der Waals surface area contributed by atoms with Crippen LogP contribution < -0.4 is 0 Å². The zero-order chi connectivity index (χ0) is 15.0. The standard InChI is InChI=1S/C15H20O4.C2H6.H2/c1-2-13(16)18-4-3-17-11-6-8-5-10(11)14-9(8)7-12-15(14)19-12;1-2;/h2,8-12,14-15H,1,3-7H2;1-2H3;1H. The minimum absolute atomic E-state index is 0. The Kier molecular flexibility index (Phi) is 4.36. The average Bonchev–Trinajstić information content (AvgIpc) is 2.89. The molecule has 4 nitrogen and oxygen atoms in total. The van der Waals surface area contributed by atoms with Crippen molar-refractivity contribution in [3.8, 4) is 0 Å². The van der Waals surface area contributed by atoms with Crippen molar-refractivity contribution in [3.05, 3.63) is 12.7 Å². The second-order valence-electron chi connectivity index (χ2n) is 6.29. The van der Waals surface area contributed by atoms with Crippen LogP contribution in [0.1, 0.15) is 34.5 Å². The van der Waals surface area contributed by atoms with Crippen molar-refractivity contribution < 1.29 is 20.4 Å². The van der Waals surface area contributed by atoms with E-state index in [1.54, 1.807) is 0 Å². The summed E-state index contributed by atoms with van der Waals surface area (Å²) in [7, 11) is 0. The first kappa shape index (κ1) is 15.0. The summed E-state index contributed by atoms with van der Waals surface area (Å²) in [6.45, 7) is 8.20. The molecule has 4 heteroatoms. The molecule has 7 unspecified atom stereocenters. The average molecular weight is 296 g/mol. The van der Waals surface area contributed by atoms with Crippen LogP contribution in [0.25, 0.3) is 0 Å². The first-order chi connectivity index (χ1) is 10.3. The Balaban J connectivity index is 0.000000566. The SMILES string of the molecule is C=CC(=O)OCCOC1CC2CC1C1C2CC2OC21.CC.[HH]. The summed E-state index contributed by atoms with van der Waals surface area (Å²) in [6.07, 6.45) is 6.47. The van der Waals surface area contributed by atoms with Gasteiger partial charge in [0.25, 0.3) is 0 Å². The number of esters is 1. The van der Waals surface area contributed by atoms with Gasteiger partial charge in [-0.15, -0.1) is 0 Å². The lowest BCUT2D eigenvalue weighted by Gasteiger charge is -2.32. The van der Waals surface area contributed by atoms with Crippen molar-refractivity contribution in [1.82, 2.24) is 0 Å². The molecule has 1 aliphatic heterocycles. The van der Waals surface area contributed by atoms with Crippen molar-refractivity contribution in [2.24, 2.45) is 23.7 Å². The highest BCUT2D eigenvalue weighted by atomic mass is 16.6. The van der Waals surface area contributed by atoms with Gasteiger partial charge in [-0.25, -0.2) is 4.79 Å². The number of epoxide rings is 1. The summed E-state index contributed by atoms with van der Waals surface area (Å²) in [5, 5.41) is 0. The molecule has 7 atom stereocenters. The topological polar surface area (TPSA) is 48.1 Å². The summed E-state index contributed by atoms with van der Waals surface area (Å²) in [6, 6.07) is 0. The van der Waals surface area contributed by atoms with Crippen LogP contribution in [0, 0.1) is 23.7 Å². The molecule has 3 aliphatic carbocycles. The van der Waals surface area contributed by atoms with E-state index in [9.17, 15) is 4.79 Å². The van der Waals surface area contributed by atoms with Crippen LogP contribution >= 0.6 is 0 Å². The molecular weight excluding hydrogens is 268 g/mol. The van der Waals surface area contributed by atoms with E-state index in [0.29, 0.717) is 37.4 Å². The predicted octanol–water partition coefficient (Wildman–Crippen LogP) is 2.82. The minimum atomic E-state index is -0.373. The maximum absolute atomic E-state index is 10.9. The van der Waals surface area contributed by atoms with Gasteiger partial charge in [0, 0.05) is 7.50 Å². The summed E-state index contributed by atoms with van der Waals surface area (Å²) in [5.41, 5.74) is 0. The number of carbonyl (C=O) groups excluding carboxylic acids is 1. The number of hydrogen-bond donors (Lipinski definition) is 0. The Morgan fingerprint density at radius 1 is 1.29 bits per heavy atom. The molecular formula is C17H28O4.